The molecule has 1 heterocycles. The summed E-state index contributed by atoms with van der Waals surface area (Å²) in [5, 5.41) is 29.5. The van der Waals surface area contributed by atoms with Gasteiger partial charge in [-0.25, -0.2) is 0 Å². The highest BCUT2D eigenvalue weighted by atomic mass is 16.3. The summed E-state index contributed by atoms with van der Waals surface area (Å²) in [6.07, 6.45) is 0.607. The standard InChI is InChI=1S/C26H20N2O4/c27-16-18-6-11-20(12-7-18)28-24(19-9-13-21(29)14-10-19)23(25(31)26(28)32)22(30)15-8-17-4-2-1-3-5-17/h1-7,9-14,24,29,31H,8,15H2. The Morgan fingerprint density at radius 3 is 2.22 bits per heavy atom. The van der Waals surface area contributed by atoms with Crippen molar-refractivity contribution >= 4 is 17.4 Å². The van der Waals surface area contributed by atoms with Crippen LogP contribution in [-0.4, -0.2) is 21.9 Å². The van der Waals surface area contributed by atoms with Gasteiger partial charge in [0.2, 0.25) is 0 Å². The molecule has 4 rings (SSSR count). The Bertz CT molecular complexity index is 1220. The minimum absolute atomic E-state index is 0.0287. The van der Waals surface area contributed by atoms with Crippen molar-refractivity contribution in [2.45, 2.75) is 18.9 Å². The van der Waals surface area contributed by atoms with Gasteiger partial charge in [-0.05, 0) is 53.9 Å². The molecule has 0 saturated carbocycles. The van der Waals surface area contributed by atoms with Crippen molar-refractivity contribution in [3.8, 4) is 11.8 Å². The number of nitriles is 1. The van der Waals surface area contributed by atoms with E-state index in [1.807, 2.05) is 36.4 Å². The molecule has 1 aliphatic heterocycles. The monoisotopic (exact) mass is 424 g/mol. The van der Waals surface area contributed by atoms with Gasteiger partial charge in [-0.3, -0.25) is 14.5 Å². The summed E-state index contributed by atoms with van der Waals surface area (Å²) in [4.78, 5) is 27.6. The van der Waals surface area contributed by atoms with E-state index in [0.717, 1.165) is 5.56 Å². The summed E-state index contributed by atoms with van der Waals surface area (Å²) in [5.74, 6) is -1.54. The van der Waals surface area contributed by atoms with Gasteiger partial charge in [0.05, 0.1) is 23.2 Å². The number of nitrogens with zero attached hydrogens (tertiary/aromatic N) is 2. The molecule has 32 heavy (non-hydrogen) atoms. The number of amides is 1. The van der Waals surface area contributed by atoms with Gasteiger partial charge in [-0.2, -0.15) is 5.26 Å². The third-order valence-electron chi connectivity index (χ3n) is 5.48. The Hall–Kier alpha value is -4.37. The molecule has 0 spiro atoms. The van der Waals surface area contributed by atoms with Crippen LogP contribution in [0.2, 0.25) is 0 Å². The van der Waals surface area contributed by atoms with Gasteiger partial charge in [0.25, 0.3) is 5.91 Å². The number of aliphatic hydroxyl groups is 1. The molecule has 0 aliphatic carbocycles. The SMILES string of the molecule is N#Cc1ccc(N2C(=O)C(O)=C(C(=O)CCc3ccccc3)C2c2ccc(O)cc2)cc1. The lowest BCUT2D eigenvalue weighted by molar-refractivity contribution is -0.118. The predicted octanol–water partition coefficient (Wildman–Crippen LogP) is 4.37. The maximum atomic E-state index is 13.2. The van der Waals surface area contributed by atoms with Crippen LogP contribution in [0.1, 0.15) is 29.2 Å². The van der Waals surface area contributed by atoms with E-state index in [9.17, 15) is 19.8 Å². The van der Waals surface area contributed by atoms with Crippen molar-refractivity contribution < 1.29 is 19.8 Å². The second kappa shape index (κ2) is 8.78. The first-order chi connectivity index (χ1) is 15.5. The molecule has 0 aromatic heterocycles. The van der Waals surface area contributed by atoms with Crippen LogP contribution in [0.25, 0.3) is 0 Å². The Morgan fingerprint density at radius 1 is 0.938 bits per heavy atom. The maximum Gasteiger partial charge on any atom is 0.294 e. The molecule has 0 radical (unpaired) electrons. The van der Waals surface area contributed by atoms with Crippen molar-refractivity contribution in [1.82, 2.24) is 0 Å². The number of carbonyl (C=O) groups excluding carboxylic acids is 2. The molecule has 2 N–H and O–H groups in total. The van der Waals surface area contributed by atoms with Crippen LogP contribution < -0.4 is 4.90 Å². The van der Waals surface area contributed by atoms with Crippen LogP contribution in [-0.2, 0) is 16.0 Å². The van der Waals surface area contributed by atoms with Crippen LogP contribution in [0.5, 0.6) is 5.75 Å². The molecule has 1 unspecified atom stereocenters. The molecule has 1 aliphatic rings. The number of anilines is 1. The third kappa shape index (κ3) is 3.96. The number of rotatable bonds is 6. The normalized spacial score (nSPS) is 15.7. The minimum atomic E-state index is -0.848. The van der Waals surface area contributed by atoms with E-state index in [1.165, 1.54) is 17.0 Å². The smallest absolute Gasteiger partial charge is 0.294 e. The van der Waals surface area contributed by atoms with Crippen LogP contribution in [0.4, 0.5) is 5.69 Å². The fourth-order valence-corrected chi connectivity index (χ4v) is 3.86. The quantitative estimate of drug-likeness (QED) is 0.612. The van der Waals surface area contributed by atoms with Gasteiger partial charge >= 0.3 is 0 Å². The molecule has 3 aromatic carbocycles. The van der Waals surface area contributed by atoms with Gasteiger partial charge in [0.1, 0.15) is 5.75 Å². The summed E-state index contributed by atoms with van der Waals surface area (Å²) < 4.78 is 0. The Labute approximate surface area is 185 Å². The Balaban J connectivity index is 1.72. The molecule has 0 bridgehead atoms. The number of carbonyl (C=O) groups is 2. The average molecular weight is 424 g/mol. The van der Waals surface area contributed by atoms with Gasteiger partial charge in [-0.1, -0.05) is 42.5 Å². The Kier molecular flexibility index (Phi) is 5.73. The molecular weight excluding hydrogens is 404 g/mol. The van der Waals surface area contributed by atoms with Gasteiger partial charge in [-0.15, -0.1) is 0 Å². The zero-order valence-corrected chi connectivity index (χ0v) is 17.1. The van der Waals surface area contributed by atoms with Crippen LogP contribution in [0.3, 0.4) is 0 Å². The van der Waals surface area contributed by atoms with Crippen LogP contribution in [0.15, 0.2) is 90.2 Å². The summed E-state index contributed by atoms with van der Waals surface area (Å²) in [6, 6.07) is 23.2. The number of Topliss-reactive ketones (excluding diaryl/α,β-unsaturated/α-hetero) is 1. The minimum Gasteiger partial charge on any atom is -0.508 e. The van der Waals surface area contributed by atoms with E-state index >= 15 is 0 Å². The molecule has 1 amide bonds. The zero-order chi connectivity index (χ0) is 22.7. The molecule has 6 nitrogen and oxygen atoms in total. The fourth-order valence-electron chi connectivity index (χ4n) is 3.86. The lowest BCUT2D eigenvalue weighted by Gasteiger charge is -2.27. The largest absolute Gasteiger partial charge is 0.508 e. The zero-order valence-electron chi connectivity index (χ0n) is 17.1. The van der Waals surface area contributed by atoms with Crippen molar-refractivity contribution in [3.05, 3.63) is 107 Å². The van der Waals surface area contributed by atoms with Crippen molar-refractivity contribution in [1.29, 1.82) is 5.26 Å². The van der Waals surface area contributed by atoms with Gasteiger partial charge in [0.15, 0.2) is 11.5 Å². The number of phenolic OH excluding ortho intramolecular Hbond substituents is 1. The van der Waals surface area contributed by atoms with E-state index in [2.05, 4.69) is 0 Å². The first kappa shape index (κ1) is 20.9. The predicted molar refractivity (Wildman–Crippen MR) is 119 cm³/mol. The molecule has 158 valence electrons. The topological polar surface area (TPSA) is 102 Å². The summed E-state index contributed by atoms with van der Waals surface area (Å²) in [6.45, 7) is 0. The first-order valence-electron chi connectivity index (χ1n) is 10.1. The Morgan fingerprint density at radius 2 is 1.59 bits per heavy atom. The lowest BCUT2D eigenvalue weighted by atomic mass is 9.93. The third-order valence-corrected chi connectivity index (χ3v) is 5.48. The van der Waals surface area contributed by atoms with E-state index < -0.39 is 17.7 Å². The molecular formula is C26H20N2O4. The maximum absolute atomic E-state index is 13.2. The van der Waals surface area contributed by atoms with Gasteiger partial charge < -0.3 is 10.2 Å². The van der Waals surface area contributed by atoms with Crippen LogP contribution in [0, 0.1) is 11.3 Å². The number of ketones is 1. The van der Waals surface area contributed by atoms with E-state index in [-0.39, 0.29) is 23.5 Å². The van der Waals surface area contributed by atoms with Crippen molar-refractivity contribution in [3.63, 3.8) is 0 Å². The molecule has 0 saturated heterocycles. The number of aromatic hydroxyl groups is 1. The fraction of sp³-hybridized carbons (Fsp3) is 0.115. The summed E-state index contributed by atoms with van der Waals surface area (Å²) >= 11 is 0. The number of hydrogen-bond acceptors (Lipinski definition) is 5. The molecule has 6 heteroatoms. The summed E-state index contributed by atoms with van der Waals surface area (Å²) in [5.41, 5.74) is 2.46. The van der Waals surface area contributed by atoms with Crippen LogP contribution >= 0.6 is 0 Å². The molecule has 1 atom stereocenters. The number of aryl methyl sites for hydroxylation is 1. The van der Waals surface area contributed by atoms with Gasteiger partial charge in [0, 0.05) is 12.1 Å². The number of aliphatic hydroxyl groups excluding tert-OH is 1. The van der Waals surface area contributed by atoms with Crippen molar-refractivity contribution in [2.75, 3.05) is 4.90 Å². The lowest BCUT2D eigenvalue weighted by Crippen LogP contribution is -2.31. The second-order valence-electron chi connectivity index (χ2n) is 7.50. The highest BCUT2D eigenvalue weighted by Crippen LogP contribution is 2.41. The number of benzene rings is 3. The number of phenols is 1. The molecule has 0 fully saturated rings. The van der Waals surface area contributed by atoms with E-state index in [4.69, 9.17) is 5.26 Å². The average Bonchev–Trinajstić information content (AvgIpc) is 3.09. The van der Waals surface area contributed by atoms with E-state index in [0.29, 0.717) is 23.2 Å². The highest BCUT2D eigenvalue weighted by molar-refractivity contribution is 6.16. The summed E-state index contributed by atoms with van der Waals surface area (Å²) in [7, 11) is 0. The first-order valence-corrected chi connectivity index (χ1v) is 10.1. The molecule has 3 aromatic rings. The number of hydrogen-bond donors (Lipinski definition) is 2. The van der Waals surface area contributed by atoms with E-state index in [1.54, 1.807) is 36.4 Å². The second-order valence-corrected chi connectivity index (χ2v) is 7.50. The van der Waals surface area contributed by atoms with Crippen molar-refractivity contribution in [2.24, 2.45) is 0 Å². The highest BCUT2D eigenvalue weighted by Gasteiger charge is 2.44.